The van der Waals surface area contributed by atoms with E-state index in [0.29, 0.717) is 16.6 Å². The third-order valence-electron chi connectivity index (χ3n) is 6.38. The summed E-state index contributed by atoms with van der Waals surface area (Å²) in [5.74, 6) is -2.85. The second-order valence-corrected chi connectivity index (χ2v) is 8.78. The molecule has 1 heterocycles. The van der Waals surface area contributed by atoms with E-state index >= 15 is 0 Å². The highest BCUT2D eigenvalue weighted by Gasteiger charge is 2.42. The summed E-state index contributed by atoms with van der Waals surface area (Å²) in [6, 6.07) is 18.3. The molecule has 0 aliphatic carbocycles. The molecular weight excluding hydrogens is 513 g/mol. The number of likely N-dealkylation sites (N-methyl/N-ethyl adjacent to an activating group) is 1. The van der Waals surface area contributed by atoms with E-state index in [1.54, 1.807) is 50.5 Å². The Morgan fingerprint density at radius 3 is 2.29 bits per heavy atom. The molecule has 0 aliphatic heterocycles. The summed E-state index contributed by atoms with van der Waals surface area (Å²) in [5, 5.41) is 31.2. The normalized spacial score (nSPS) is 13.5. The molecule has 0 saturated carbocycles. The second-order valence-electron chi connectivity index (χ2n) is 8.78. The number of nitrogens with zero attached hydrogens (tertiary/aromatic N) is 2. The molecule has 1 atom stereocenters. The lowest BCUT2D eigenvalue weighted by Crippen LogP contribution is -2.49. The smallest absolute Gasteiger partial charge is 0.328 e. The molecule has 0 fully saturated rings. The fraction of sp³-hybridized carbons (Fsp3) is 0.179. The van der Waals surface area contributed by atoms with E-state index in [1.165, 1.54) is 35.2 Å². The molecule has 8 nitrogen and oxygen atoms in total. The van der Waals surface area contributed by atoms with Gasteiger partial charge in [0.15, 0.2) is 0 Å². The highest BCUT2D eigenvalue weighted by molar-refractivity contribution is 6.33. The van der Waals surface area contributed by atoms with Gasteiger partial charge in [0.05, 0.1) is 11.0 Å². The molecule has 0 amide bonds. The number of ketones is 1. The Kier molecular flexibility index (Phi) is 8.67. The standard InChI is InChI=1S/C28H26FN3O5.ClH/c1-32(2)28(13-14-33,27(36)37)19-9-5-7-17(15-19)24(34)23(25(35)18-8-6-10-20(29)16-18)26-30-21-11-3-4-12-22(21)31-26;/h3-12,15-16,33-34H,13-14H2,1-2H3,(H,30,31)(H,36,37);1H. The fourth-order valence-electron chi connectivity index (χ4n) is 4.45. The number of aliphatic carboxylic acids is 1. The molecule has 4 N–H and O–H groups in total. The van der Waals surface area contributed by atoms with Crippen LogP contribution < -0.4 is 0 Å². The van der Waals surface area contributed by atoms with Crippen LogP contribution in [-0.2, 0) is 10.3 Å². The maximum Gasteiger partial charge on any atom is 0.328 e. The molecule has 198 valence electrons. The van der Waals surface area contributed by atoms with Crippen LogP contribution >= 0.6 is 12.4 Å². The van der Waals surface area contributed by atoms with Gasteiger partial charge >= 0.3 is 5.97 Å². The average Bonchev–Trinajstić information content (AvgIpc) is 3.30. The Bertz CT molecular complexity index is 1480. The minimum atomic E-state index is -1.59. The monoisotopic (exact) mass is 539 g/mol. The van der Waals surface area contributed by atoms with Crippen LogP contribution in [0.1, 0.15) is 33.7 Å². The van der Waals surface area contributed by atoms with Gasteiger partial charge < -0.3 is 20.3 Å². The predicted octanol–water partition coefficient (Wildman–Crippen LogP) is 4.66. The van der Waals surface area contributed by atoms with E-state index in [9.17, 15) is 29.3 Å². The number of carboxylic acid groups (broad SMARTS) is 1. The summed E-state index contributed by atoms with van der Waals surface area (Å²) in [4.78, 5) is 35.0. The van der Waals surface area contributed by atoms with E-state index in [1.807, 2.05) is 0 Å². The third-order valence-corrected chi connectivity index (χ3v) is 6.38. The average molecular weight is 540 g/mol. The number of aliphatic hydroxyl groups is 2. The third kappa shape index (κ3) is 5.17. The molecule has 4 rings (SSSR count). The van der Waals surface area contributed by atoms with Crippen LogP contribution in [0.3, 0.4) is 0 Å². The number of hydrogen-bond donors (Lipinski definition) is 4. The lowest BCUT2D eigenvalue weighted by molar-refractivity contribution is -0.152. The molecule has 0 aliphatic rings. The number of carbonyl (C=O) groups excluding carboxylic acids is 1. The molecule has 38 heavy (non-hydrogen) atoms. The number of carboxylic acids is 1. The van der Waals surface area contributed by atoms with Crippen molar-refractivity contribution in [1.82, 2.24) is 14.9 Å². The lowest BCUT2D eigenvalue weighted by atomic mass is 9.84. The molecule has 1 unspecified atom stereocenters. The molecule has 3 aromatic carbocycles. The van der Waals surface area contributed by atoms with Gasteiger partial charge in [0, 0.05) is 24.2 Å². The first kappa shape index (κ1) is 28.5. The fourth-order valence-corrected chi connectivity index (χ4v) is 4.45. The minimum Gasteiger partial charge on any atom is -0.506 e. The number of allylic oxidation sites excluding steroid dienone is 1. The zero-order valence-corrected chi connectivity index (χ0v) is 21.5. The molecule has 0 saturated heterocycles. The highest BCUT2D eigenvalue weighted by Crippen LogP contribution is 2.34. The number of benzene rings is 3. The number of carbonyl (C=O) groups is 2. The Labute approximate surface area is 224 Å². The molecular formula is C28H27ClFN3O5. The first-order chi connectivity index (χ1) is 17.7. The second kappa shape index (κ2) is 11.6. The Hall–Kier alpha value is -4.05. The number of Topliss-reactive ketones (excluding diaryl/α,β-unsaturated/α-hetero) is 1. The van der Waals surface area contributed by atoms with E-state index in [-0.39, 0.29) is 41.4 Å². The van der Waals surface area contributed by atoms with Gasteiger partial charge in [-0.25, -0.2) is 14.2 Å². The molecule has 0 bridgehead atoms. The van der Waals surface area contributed by atoms with Gasteiger partial charge in [0.25, 0.3) is 0 Å². The topological polar surface area (TPSA) is 127 Å². The van der Waals surface area contributed by atoms with Crippen molar-refractivity contribution < 1.29 is 29.3 Å². The molecule has 10 heteroatoms. The van der Waals surface area contributed by atoms with Crippen molar-refractivity contribution >= 4 is 46.5 Å². The number of halogens is 2. The van der Waals surface area contributed by atoms with E-state index in [4.69, 9.17) is 0 Å². The van der Waals surface area contributed by atoms with Crippen molar-refractivity contribution in [2.45, 2.75) is 12.0 Å². The maximum absolute atomic E-state index is 14.0. The number of imidazole rings is 1. The number of hydrogen-bond acceptors (Lipinski definition) is 6. The number of aromatic amines is 1. The summed E-state index contributed by atoms with van der Waals surface area (Å²) < 4.78 is 14.0. The zero-order chi connectivity index (χ0) is 26.7. The van der Waals surface area contributed by atoms with Gasteiger partial charge in [-0.15, -0.1) is 12.4 Å². The SMILES string of the molecule is CN(C)C(CCO)(C(=O)O)c1cccc(C(O)=C(C(=O)c2cccc(F)c2)c2nc3ccccc3[nH]2)c1.Cl. The van der Waals surface area contributed by atoms with E-state index in [0.717, 1.165) is 6.07 Å². The molecule has 0 spiro atoms. The number of rotatable bonds is 9. The van der Waals surface area contributed by atoms with Gasteiger partial charge in [-0.05, 0) is 50.0 Å². The van der Waals surface area contributed by atoms with Crippen LogP contribution in [0.2, 0.25) is 0 Å². The number of nitrogens with one attached hydrogen (secondary N) is 1. The summed E-state index contributed by atoms with van der Waals surface area (Å²) in [6.45, 7) is -0.390. The summed E-state index contributed by atoms with van der Waals surface area (Å²) in [5.41, 5.74) is -0.142. The van der Waals surface area contributed by atoms with Crippen molar-refractivity contribution in [2.75, 3.05) is 20.7 Å². The number of aliphatic hydroxyl groups excluding tert-OH is 2. The Balaban J connectivity index is 0.00000400. The summed E-state index contributed by atoms with van der Waals surface area (Å²) >= 11 is 0. The van der Waals surface area contributed by atoms with E-state index < -0.39 is 35.5 Å². The number of H-pyrrole nitrogens is 1. The minimum absolute atomic E-state index is 0. The lowest BCUT2D eigenvalue weighted by Gasteiger charge is -2.36. The predicted molar refractivity (Wildman–Crippen MR) is 145 cm³/mol. The number of fused-ring (bicyclic) bond motifs is 1. The van der Waals surface area contributed by atoms with E-state index in [2.05, 4.69) is 9.97 Å². The summed E-state index contributed by atoms with van der Waals surface area (Å²) in [6.07, 6.45) is -0.109. The van der Waals surface area contributed by atoms with Crippen LogP contribution in [-0.4, -0.2) is 62.6 Å². The van der Waals surface area contributed by atoms with Gasteiger partial charge in [-0.1, -0.05) is 42.5 Å². The van der Waals surface area contributed by atoms with Crippen LogP contribution in [0.25, 0.3) is 22.4 Å². The van der Waals surface area contributed by atoms with Crippen molar-refractivity contribution in [1.29, 1.82) is 0 Å². The largest absolute Gasteiger partial charge is 0.506 e. The first-order valence-electron chi connectivity index (χ1n) is 11.5. The van der Waals surface area contributed by atoms with Crippen LogP contribution in [0, 0.1) is 5.82 Å². The van der Waals surface area contributed by atoms with Gasteiger partial charge in [0.2, 0.25) is 5.78 Å². The maximum atomic E-state index is 14.0. The van der Waals surface area contributed by atoms with Crippen molar-refractivity contribution in [3.05, 3.63) is 101 Å². The highest BCUT2D eigenvalue weighted by atomic mass is 35.5. The van der Waals surface area contributed by atoms with Gasteiger partial charge in [0.1, 0.15) is 28.5 Å². The van der Waals surface area contributed by atoms with Gasteiger partial charge in [-0.3, -0.25) is 9.69 Å². The molecule has 1 aromatic heterocycles. The Morgan fingerprint density at radius 1 is 0.974 bits per heavy atom. The van der Waals surface area contributed by atoms with Crippen LogP contribution in [0.4, 0.5) is 4.39 Å². The first-order valence-corrected chi connectivity index (χ1v) is 11.5. The number of aromatic nitrogens is 2. The summed E-state index contributed by atoms with van der Waals surface area (Å²) in [7, 11) is 3.17. The van der Waals surface area contributed by atoms with Crippen LogP contribution in [0.5, 0.6) is 0 Å². The molecule has 0 radical (unpaired) electrons. The quantitative estimate of drug-likeness (QED) is 0.138. The van der Waals surface area contributed by atoms with Crippen molar-refractivity contribution in [3.63, 3.8) is 0 Å². The number of para-hydroxylation sites is 2. The van der Waals surface area contributed by atoms with Crippen molar-refractivity contribution in [3.8, 4) is 0 Å². The van der Waals surface area contributed by atoms with Crippen LogP contribution in [0.15, 0.2) is 72.8 Å². The molecule has 4 aromatic rings. The van der Waals surface area contributed by atoms with Crippen molar-refractivity contribution in [2.24, 2.45) is 0 Å². The Morgan fingerprint density at radius 2 is 1.66 bits per heavy atom. The van der Waals surface area contributed by atoms with Gasteiger partial charge in [-0.2, -0.15) is 0 Å². The zero-order valence-electron chi connectivity index (χ0n) is 20.7.